The molecule has 0 saturated carbocycles. The number of dihydropyridines is 1. The molecule has 0 bridgehead atoms. The number of hydrogen-bond acceptors (Lipinski definition) is 6. The van der Waals surface area contributed by atoms with E-state index in [2.05, 4.69) is 26.6 Å². The van der Waals surface area contributed by atoms with Crippen molar-refractivity contribution in [2.75, 3.05) is 18.5 Å². The summed E-state index contributed by atoms with van der Waals surface area (Å²) in [7, 11) is 0. The van der Waals surface area contributed by atoms with Crippen LogP contribution >= 0.6 is 27.5 Å². The minimum absolute atomic E-state index is 0.0688. The Bertz CT molecular complexity index is 1340. The third-order valence-corrected chi connectivity index (χ3v) is 7.87. The maximum atomic E-state index is 13.2. The molecule has 2 aromatic rings. The van der Waals surface area contributed by atoms with Crippen molar-refractivity contribution in [2.45, 2.75) is 51.4 Å². The highest BCUT2D eigenvalue weighted by Crippen LogP contribution is 2.48. The average molecular weight is 600 g/mol. The van der Waals surface area contributed by atoms with Gasteiger partial charge in [-0.05, 0) is 78.4 Å². The number of para-hydroxylation sites is 1. The van der Waals surface area contributed by atoms with Crippen LogP contribution in [0.15, 0.2) is 63.4 Å². The summed E-state index contributed by atoms with van der Waals surface area (Å²) < 4.78 is 12.4. The van der Waals surface area contributed by atoms with Crippen molar-refractivity contribution >= 4 is 50.7 Å². The Balaban J connectivity index is 1.48. The van der Waals surface area contributed by atoms with Crippen LogP contribution in [0.25, 0.3) is 0 Å². The van der Waals surface area contributed by atoms with Crippen molar-refractivity contribution in [3.8, 4) is 11.5 Å². The van der Waals surface area contributed by atoms with Crippen molar-refractivity contribution in [3.05, 3.63) is 74.0 Å². The predicted octanol–water partition coefficient (Wildman–Crippen LogP) is 6.22. The van der Waals surface area contributed by atoms with Crippen molar-refractivity contribution in [3.63, 3.8) is 0 Å². The lowest BCUT2D eigenvalue weighted by Gasteiger charge is -2.37. The Morgan fingerprint density at radius 3 is 2.32 bits per heavy atom. The van der Waals surface area contributed by atoms with Gasteiger partial charge in [-0.15, -0.1) is 0 Å². The first-order valence-corrected chi connectivity index (χ1v) is 14.0. The molecule has 0 atom stereocenters. The SMILES string of the molecule is CCOc1cc(C2C3=C(CCCC3=O)NC3=C2C(=O)CCC3)cc(Br)c1OCC(=O)Nc1ccccc1Cl. The van der Waals surface area contributed by atoms with Gasteiger partial charge in [-0.2, -0.15) is 0 Å². The molecule has 0 radical (unpaired) electrons. The highest BCUT2D eigenvalue weighted by atomic mass is 79.9. The maximum absolute atomic E-state index is 13.2. The van der Waals surface area contributed by atoms with Crippen LogP contribution in [0.4, 0.5) is 5.69 Å². The largest absolute Gasteiger partial charge is 0.490 e. The van der Waals surface area contributed by atoms with Crippen molar-refractivity contribution in [1.82, 2.24) is 5.32 Å². The molecule has 198 valence electrons. The van der Waals surface area contributed by atoms with E-state index in [4.69, 9.17) is 21.1 Å². The van der Waals surface area contributed by atoms with Gasteiger partial charge in [0, 0.05) is 41.3 Å². The van der Waals surface area contributed by atoms with Crippen LogP contribution in [-0.4, -0.2) is 30.7 Å². The molecule has 1 aliphatic heterocycles. The van der Waals surface area contributed by atoms with Gasteiger partial charge in [-0.25, -0.2) is 0 Å². The molecule has 9 heteroatoms. The molecule has 0 saturated heterocycles. The first-order chi connectivity index (χ1) is 18.4. The zero-order chi connectivity index (χ0) is 26.8. The normalized spacial score (nSPS) is 17.6. The fourth-order valence-corrected chi connectivity index (χ4v) is 6.12. The molecule has 1 amide bonds. The second kappa shape index (κ2) is 11.3. The summed E-state index contributed by atoms with van der Waals surface area (Å²) in [4.78, 5) is 38.9. The van der Waals surface area contributed by atoms with Crippen molar-refractivity contribution < 1.29 is 23.9 Å². The van der Waals surface area contributed by atoms with Crippen LogP contribution in [-0.2, 0) is 14.4 Å². The minimum Gasteiger partial charge on any atom is -0.490 e. The van der Waals surface area contributed by atoms with E-state index in [0.29, 0.717) is 57.3 Å². The van der Waals surface area contributed by atoms with Crippen LogP contribution in [0.5, 0.6) is 11.5 Å². The molecule has 1 heterocycles. The molecule has 3 aliphatic rings. The fourth-order valence-electron chi connectivity index (χ4n) is 5.36. The van der Waals surface area contributed by atoms with Crippen molar-refractivity contribution in [1.29, 1.82) is 0 Å². The highest BCUT2D eigenvalue weighted by Gasteiger charge is 2.40. The predicted molar refractivity (Wildman–Crippen MR) is 149 cm³/mol. The number of halogens is 2. The monoisotopic (exact) mass is 598 g/mol. The quantitative estimate of drug-likeness (QED) is 0.393. The van der Waals surface area contributed by atoms with Crippen molar-refractivity contribution in [2.24, 2.45) is 0 Å². The Kier molecular flexibility index (Phi) is 7.91. The zero-order valence-corrected chi connectivity index (χ0v) is 23.3. The second-order valence-corrected chi connectivity index (χ2v) is 10.7. The average Bonchev–Trinajstić information content (AvgIpc) is 2.89. The molecule has 0 unspecified atom stereocenters. The summed E-state index contributed by atoms with van der Waals surface area (Å²) in [6, 6.07) is 10.6. The Morgan fingerprint density at radius 2 is 1.68 bits per heavy atom. The van der Waals surface area contributed by atoms with Gasteiger partial charge in [-0.1, -0.05) is 23.7 Å². The molecule has 2 N–H and O–H groups in total. The molecule has 38 heavy (non-hydrogen) atoms. The topological polar surface area (TPSA) is 93.7 Å². The summed E-state index contributed by atoms with van der Waals surface area (Å²) in [6.07, 6.45) is 4.09. The molecule has 7 nitrogen and oxygen atoms in total. The Hall–Kier alpha value is -3.10. The number of benzene rings is 2. The van der Waals surface area contributed by atoms with Crippen LogP contribution in [0.3, 0.4) is 0 Å². The highest BCUT2D eigenvalue weighted by molar-refractivity contribution is 9.10. The number of amides is 1. The van der Waals surface area contributed by atoms with E-state index in [1.54, 1.807) is 24.3 Å². The van der Waals surface area contributed by atoms with Crippen LogP contribution in [0.1, 0.15) is 56.9 Å². The van der Waals surface area contributed by atoms with Gasteiger partial charge >= 0.3 is 0 Å². The maximum Gasteiger partial charge on any atom is 0.262 e. The number of nitrogens with one attached hydrogen (secondary N) is 2. The van der Waals surface area contributed by atoms with Crippen LogP contribution < -0.4 is 20.1 Å². The Labute approximate surface area is 234 Å². The number of allylic oxidation sites excluding steroid dienone is 4. The van der Waals surface area contributed by atoms with Gasteiger partial charge in [0.1, 0.15) is 0 Å². The molecular weight excluding hydrogens is 572 g/mol. The van der Waals surface area contributed by atoms with Gasteiger partial charge in [0.2, 0.25) is 0 Å². The summed E-state index contributed by atoms with van der Waals surface area (Å²) in [6.45, 7) is 1.96. The molecule has 0 fully saturated rings. The molecule has 0 aromatic heterocycles. The zero-order valence-electron chi connectivity index (χ0n) is 21.0. The number of Topliss-reactive ketones (excluding diaryl/α,β-unsaturated/α-hetero) is 2. The van der Waals surface area contributed by atoms with Gasteiger partial charge in [-0.3, -0.25) is 14.4 Å². The van der Waals surface area contributed by atoms with E-state index in [1.165, 1.54) is 0 Å². The van der Waals surface area contributed by atoms with E-state index < -0.39 is 5.92 Å². The number of ether oxygens (including phenoxy) is 2. The standard InChI is InChI=1S/C29H28BrClN2O5/c1-2-37-24-14-16(13-17(30)29(24)38-15-25(36)33-19-8-4-3-7-18(19)31)26-27-20(9-5-11-22(27)34)32-21-10-6-12-23(35)28(21)26/h3-4,7-8,13-14,26,32H,2,5-6,9-12,15H2,1H3,(H,33,36). The number of anilines is 1. The smallest absolute Gasteiger partial charge is 0.262 e. The number of carbonyl (C=O) groups is 3. The van der Waals surface area contributed by atoms with Crippen LogP contribution in [0, 0.1) is 0 Å². The van der Waals surface area contributed by atoms with E-state index in [1.807, 2.05) is 19.1 Å². The van der Waals surface area contributed by atoms with E-state index >= 15 is 0 Å². The first kappa shape index (κ1) is 26.5. The lowest BCUT2D eigenvalue weighted by atomic mass is 9.71. The minimum atomic E-state index is -0.463. The molecular formula is C29H28BrClN2O5. The van der Waals surface area contributed by atoms with Gasteiger partial charge < -0.3 is 20.1 Å². The number of rotatable bonds is 7. The first-order valence-electron chi connectivity index (χ1n) is 12.8. The van der Waals surface area contributed by atoms with Gasteiger partial charge in [0.15, 0.2) is 29.7 Å². The lowest BCUT2D eigenvalue weighted by molar-refractivity contribution is -0.118. The fraction of sp³-hybridized carbons (Fsp3) is 0.345. The van der Waals surface area contributed by atoms with Gasteiger partial charge in [0.25, 0.3) is 5.91 Å². The number of hydrogen-bond donors (Lipinski definition) is 2. The Morgan fingerprint density at radius 1 is 1.03 bits per heavy atom. The van der Waals surface area contributed by atoms with Crippen LogP contribution in [0.2, 0.25) is 5.02 Å². The van der Waals surface area contributed by atoms with E-state index in [9.17, 15) is 14.4 Å². The number of ketones is 2. The summed E-state index contributed by atoms with van der Waals surface area (Å²) in [5.41, 5.74) is 4.46. The molecule has 0 spiro atoms. The summed E-state index contributed by atoms with van der Waals surface area (Å²) >= 11 is 9.74. The third-order valence-electron chi connectivity index (χ3n) is 6.95. The lowest BCUT2D eigenvalue weighted by Crippen LogP contribution is -2.36. The molecule has 2 aromatic carbocycles. The molecule has 2 aliphatic carbocycles. The summed E-state index contributed by atoms with van der Waals surface area (Å²) in [5.74, 6) is 0.0950. The molecule has 5 rings (SSSR count). The van der Waals surface area contributed by atoms with Gasteiger partial charge in [0.05, 0.1) is 21.8 Å². The third kappa shape index (κ3) is 5.24. The second-order valence-electron chi connectivity index (χ2n) is 9.48. The summed E-state index contributed by atoms with van der Waals surface area (Å²) in [5, 5.41) is 6.61. The number of carbonyl (C=O) groups excluding carboxylic acids is 3. The van der Waals surface area contributed by atoms with E-state index in [-0.39, 0.29) is 24.1 Å². The van der Waals surface area contributed by atoms with E-state index in [0.717, 1.165) is 42.6 Å².